The molecule has 0 radical (unpaired) electrons. The molecule has 0 saturated carbocycles. The molecule has 1 aliphatic rings. The van der Waals surface area contributed by atoms with Gasteiger partial charge in [0.1, 0.15) is 5.75 Å². The van der Waals surface area contributed by atoms with Gasteiger partial charge in [0.15, 0.2) is 0 Å². The Balaban J connectivity index is 1.94. The van der Waals surface area contributed by atoms with Gasteiger partial charge >= 0.3 is 0 Å². The van der Waals surface area contributed by atoms with Crippen LogP contribution in [0.5, 0.6) is 5.75 Å². The molecule has 3 rings (SSSR count). The van der Waals surface area contributed by atoms with Crippen LogP contribution in [0.2, 0.25) is 0 Å². The first-order valence-corrected chi connectivity index (χ1v) is 7.81. The second-order valence-electron chi connectivity index (χ2n) is 5.80. The summed E-state index contributed by atoms with van der Waals surface area (Å²) in [6.07, 6.45) is 7.54. The SMILES string of the molecule is CCn1cc(CN2CCCCCC2)c2c(O)cccc21. The number of aromatic nitrogens is 1. The Morgan fingerprint density at radius 2 is 1.85 bits per heavy atom. The summed E-state index contributed by atoms with van der Waals surface area (Å²) in [6.45, 7) is 6.43. The molecule has 1 fully saturated rings. The fraction of sp³-hybridized carbons (Fsp3) is 0.529. The summed E-state index contributed by atoms with van der Waals surface area (Å²) in [7, 11) is 0. The molecule has 1 N–H and O–H groups in total. The van der Waals surface area contributed by atoms with Gasteiger partial charge in [0.2, 0.25) is 0 Å². The fourth-order valence-corrected chi connectivity index (χ4v) is 3.34. The molecule has 1 saturated heterocycles. The number of benzene rings is 1. The van der Waals surface area contributed by atoms with E-state index < -0.39 is 0 Å². The van der Waals surface area contributed by atoms with Gasteiger partial charge in [-0.25, -0.2) is 0 Å². The van der Waals surface area contributed by atoms with Crippen molar-refractivity contribution in [2.75, 3.05) is 13.1 Å². The number of likely N-dealkylation sites (tertiary alicyclic amines) is 1. The first kappa shape index (κ1) is 13.5. The van der Waals surface area contributed by atoms with E-state index in [0.29, 0.717) is 5.75 Å². The topological polar surface area (TPSA) is 28.4 Å². The van der Waals surface area contributed by atoms with Crippen LogP contribution in [0.15, 0.2) is 24.4 Å². The highest BCUT2D eigenvalue weighted by Crippen LogP contribution is 2.31. The Bertz CT molecular complexity index is 580. The lowest BCUT2D eigenvalue weighted by Crippen LogP contribution is -2.23. The van der Waals surface area contributed by atoms with Crippen molar-refractivity contribution in [1.82, 2.24) is 9.47 Å². The molecule has 0 bridgehead atoms. The number of aryl methyl sites for hydroxylation is 1. The molecule has 2 aromatic rings. The molecule has 20 heavy (non-hydrogen) atoms. The van der Waals surface area contributed by atoms with Gasteiger partial charge in [0, 0.05) is 24.7 Å². The van der Waals surface area contributed by atoms with Gasteiger partial charge in [0.25, 0.3) is 0 Å². The number of phenols is 1. The number of nitrogens with zero attached hydrogens (tertiary/aromatic N) is 2. The average Bonchev–Trinajstić information content (AvgIpc) is 2.63. The second-order valence-corrected chi connectivity index (χ2v) is 5.80. The van der Waals surface area contributed by atoms with Gasteiger partial charge < -0.3 is 9.67 Å². The van der Waals surface area contributed by atoms with Crippen molar-refractivity contribution < 1.29 is 5.11 Å². The molecule has 1 aromatic carbocycles. The normalized spacial score (nSPS) is 17.4. The molecule has 1 aromatic heterocycles. The van der Waals surface area contributed by atoms with Gasteiger partial charge in [-0.05, 0) is 50.6 Å². The zero-order chi connectivity index (χ0) is 13.9. The molecule has 3 nitrogen and oxygen atoms in total. The van der Waals surface area contributed by atoms with E-state index in [1.165, 1.54) is 44.3 Å². The maximum Gasteiger partial charge on any atom is 0.125 e. The number of phenolic OH excluding ortho intramolecular Hbond substituents is 1. The minimum absolute atomic E-state index is 0.416. The average molecular weight is 272 g/mol. The maximum absolute atomic E-state index is 10.2. The quantitative estimate of drug-likeness (QED) is 0.922. The van der Waals surface area contributed by atoms with E-state index in [9.17, 15) is 5.11 Å². The maximum atomic E-state index is 10.2. The van der Waals surface area contributed by atoms with Crippen LogP contribution >= 0.6 is 0 Å². The van der Waals surface area contributed by atoms with Crippen molar-refractivity contribution in [2.45, 2.75) is 45.7 Å². The van der Waals surface area contributed by atoms with Gasteiger partial charge in [-0.1, -0.05) is 18.9 Å². The molecule has 0 aliphatic carbocycles. The largest absolute Gasteiger partial charge is 0.507 e. The lowest BCUT2D eigenvalue weighted by Gasteiger charge is -2.19. The lowest BCUT2D eigenvalue weighted by molar-refractivity contribution is 0.277. The van der Waals surface area contributed by atoms with E-state index in [1.54, 1.807) is 6.07 Å². The number of hydrogen-bond acceptors (Lipinski definition) is 2. The molecular weight excluding hydrogens is 248 g/mol. The highest BCUT2D eigenvalue weighted by atomic mass is 16.3. The first-order valence-electron chi connectivity index (χ1n) is 7.81. The van der Waals surface area contributed by atoms with Gasteiger partial charge in [-0.2, -0.15) is 0 Å². The Kier molecular flexibility index (Phi) is 3.97. The summed E-state index contributed by atoms with van der Waals surface area (Å²) in [4.78, 5) is 2.54. The molecule has 0 amide bonds. The fourth-order valence-electron chi connectivity index (χ4n) is 3.34. The van der Waals surface area contributed by atoms with Crippen LogP contribution in [0.3, 0.4) is 0 Å². The number of aromatic hydroxyl groups is 1. The summed E-state index contributed by atoms with van der Waals surface area (Å²) in [5.74, 6) is 0.416. The van der Waals surface area contributed by atoms with Gasteiger partial charge in [0.05, 0.1) is 5.52 Å². The monoisotopic (exact) mass is 272 g/mol. The van der Waals surface area contributed by atoms with Crippen LogP contribution in [-0.4, -0.2) is 27.7 Å². The van der Waals surface area contributed by atoms with Crippen molar-refractivity contribution in [3.05, 3.63) is 30.0 Å². The third kappa shape index (κ3) is 2.55. The predicted molar refractivity (Wildman–Crippen MR) is 83.0 cm³/mol. The Morgan fingerprint density at radius 1 is 1.10 bits per heavy atom. The molecule has 1 aliphatic heterocycles. The second kappa shape index (κ2) is 5.88. The molecule has 3 heteroatoms. The van der Waals surface area contributed by atoms with Crippen molar-refractivity contribution in [3.63, 3.8) is 0 Å². The van der Waals surface area contributed by atoms with E-state index >= 15 is 0 Å². The van der Waals surface area contributed by atoms with Crippen molar-refractivity contribution >= 4 is 10.9 Å². The standard InChI is InChI=1S/C17H24N2O/c1-2-19-13-14(12-18-10-5-3-4-6-11-18)17-15(19)8-7-9-16(17)20/h7-9,13,20H,2-6,10-12H2,1H3. The molecule has 0 spiro atoms. The van der Waals surface area contributed by atoms with E-state index in [1.807, 2.05) is 6.07 Å². The van der Waals surface area contributed by atoms with Crippen molar-refractivity contribution in [3.8, 4) is 5.75 Å². The smallest absolute Gasteiger partial charge is 0.125 e. The summed E-state index contributed by atoms with van der Waals surface area (Å²) in [5.41, 5.74) is 2.42. The minimum Gasteiger partial charge on any atom is -0.507 e. The number of fused-ring (bicyclic) bond motifs is 1. The summed E-state index contributed by atoms with van der Waals surface area (Å²) in [6, 6.07) is 5.83. The Morgan fingerprint density at radius 3 is 2.55 bits per heavy atom. The highest BCUT2D eigenvalue weighted by Gasteiger charge is 2.15. The van der Waals surface area contributed by atoms with Crippen LogP contribution in [0, 0.1) is 0 Å². The van der Waals surface area contributed by atoms with Crippen LogP contribution in [0.1, 0.15) is 38.2 Å². The van der Waals surface area contributed by atoms with Crippen molar-refractivity contribution in [2.24, 2.45) is 0 Å². The van der Waals surface area contributed by atoms with E-state index in [4.69, 9.17) is 0 Å². The van der Waals surface area contributed by atoms with Crippen LogP contribution in [0.4, 0.5) is 0 Å². The zero-order valence-corrected chi connectivity index (χ0v) is 12.3. The highest BCUT2D eigenvalue weighted by molar-refractivity contribution is 5.89. The van der Waals surface area contributed by atoms with Crippen LogP contribution in [0.25, 0.3) is 10.9 Å². The molecule has 0 atom stereocenters. The Hall–Kier alpha value is -1.48. The van der Waals surface area contributed by atoms with Gasteiger partial charge in [-0.15, -0.1) is 0 Å². The molecule has 0 unspecified atom stereocenters. The van der Waals surface area contributed by atoms with E-state index in [-0.39, 0.29) is 0 Å². The number of rotatable bonds is 3. The molecule has 108 valence electrons. The molecular formula is C17H24N2O. The minimum atomic E-state index is 0.416. The van der Waals surface area contributed by atoms with Crippen LogP contribution in [-0.2, 0) is 13.1 Å². The summed E-state index contributed by atoms with van der Waals surface area (Å²) < 4.78 is 2.24. The Labute approximate surface area is 120 Å². The third-order valence-electron chi connectivity index (χ3n) is 4.40. The first-order chi connectivity index (χ1) is 9.79. The predicted octanol–water partition coefficient (Wildman–Crippen LogP) is 3.74. The van der Waals surface area contributed by atoms with Gasteiger partial charge in [-0.3, -0.25) is 4.90 Å². The molecule has 2 heterocycles. The van der Waals surface area contributed by atoms with Crippen molar-refractivity contribution in [1.29, 1.82) is 0 Å². The summed E-state index contributed by atoms with van der Waals surface area (Å²) in [5, 5.41) is 11.3. The van der Waals surface area contributed by atoms with Crippen LogP contribution < -0.4 is 0 Å². The zero-order valence-electron chi connectivity index (χ0n) is 12.3. The lowest BCUT2D eigenvalue weighted by atomic mass is 10.1. The number of hydrogen-bond donors (Lipinski definition) is 1. The summed E-state index contributed by atoms with van der Waals surface area (Å²) >= 11 is 0. The van der Waals surface area contributed by atoms with E-state index in [0.717, 1.165) is 24.0 Å². The van der Waals surface area contributed by atoms with E-state index in [2.05, 4.69) is 28.7 Å². The third-order valence-corrected chi connectivity index (χ3v) is 4.40.